The second kappa shape index (κ2) is 6.96. The zero-order valence-corrected chi connectivity index (χ0v) is 14.7. The lowest BCUT2D eigenvalue weighted by Crippen LogP contribution is -2.42. The lowest BCUT2D eigenvalue weighted by Gasteiger charge is -2.19. The van der Waals surface area contributed by atoms with Crippen molar-refractivity contribution in [2.75, 3.05) is 26.2 Å². The monoisotopic (exact) mass is 368 g/mol. The van der Waals surface area contributed by atoms with E-state index in [1.54, 1.807) is 0 Å². The molecule has 8 nitrogen and oxygen atoms in total. The Morgan fingerprint density at radius 3 is 2.78 bits per heavy atom. The number of hydrogen-bond acceptors (Lipinski definition) is 5. The first-order valence-electron chi connectivity index (χ1n) is 8.90. The Balaban J connectivity index is 1.40. The predicted molar refractivity (Wildman–Crippen MR) is 96.6 cm³/mol. The molecule has 0 bridgehead atoms. The summed E-state index contributed by atoms with van der Waals surface area (Å²) < 4.78 is 0. The van der Waals surface area contributed by atoms with Crippen LogP contribution in [0, 0.1) is 5.92 Å². The molecule has 2 fully saturated rings. The lowest BCUT2D eigenvalue weighted by molar-refractivity contribution is -0.136. The molecular formula is C19H20N4O4. The topological polar surface area (TPSA) is 103 Å². The number of β-amino-alcohol motifs (C(OH)–C–C–N with tert-alkyl or cyclic N) is 1. The van der Waals surface area contributed by atoms with Crippen molar-refractivity contribution in [3.8, 4) is 0 Å². The van der Waals surface area contributed by atoms with Gasteiger partial charge in [0.05, 0.1) is 18.2 Å². The highest BCUT2D eigenvalue weighted by molar-refractivity contribution is 6.04. The summed E-state index contributed by atoms with van der Waals surface area (Å²) in [6, 6.07) is 11.2. The van der Waals surface area contributed by atoms with Crippen molar-refractivity contribution in [2.45, 2.75) is 12.5 Å². The number of rotatable bonds is 4. The third kappa shape index (κ3) is 3.48. The van der Waals surface area contributed by atoms with E-state index in [9.17, 15) is 19.5 Å². The number of pyridine rings is 1. The van der Waals surface area contributed by atoms with E-state index in [1.165, 1.54) is 4.90 Å². The Hall–Kier alpha value is -3.00. The summed E-state index contributed by atoms with van der Waals surface area (Å²) in [4.78, 5) is 42.7. The summed E-state index contributed by atoms with van der Waals surface area (Å²) in [7, 11) is 0. The van der Waals surface area contributed by atoms with E-state index in [2.05, 4.69) is 10.3 Å². The molecule has 2 aromatic rings. The molecule has 0 radical (unpaired) electrons. The number of carbonyl (C=O) groups is 3. The van der Waals surface area contributed by atoms with Crippen LogP contribution < -0.4 is 5.32 Å². The number of imide groups is 1. The van der Waals surface area contributed by atoms with Crippen molar-refractivity contribution in [3.63, 3.8) is 0 Å². The summed E-state index contributed by atoms with van der Waals surface area (Å²) in [5.41, 5.74) is 1.76. The molecular weight excluding hydrogens is 348 g/mol. The summed E-state index contributed by atoms with van der Waals surface area (Å²) >= 11 is 0. The van der Waals surface area contributed by atoms with E-state index < -0.39 is 18.0 Å². The third-order valence-electron chi connectivity index (χ3n) is 5.12. The van der Waals surface area contributed by atoms with E-state index in [-0.39, 0.29) is 31.5 Å². The van der Waals surface area contributed by atoms with Crippen molar-refractivity contribution in [1.82, 2.24) is 20.1 Å². The molecule has 2 atom stereocenters. The molecule has 1 aromatic heterocycles. The van der Waals surface area contributed by atoms with Crippen molar-refractivity contribution in [2.24, 2.45) is 5.92 Å². The van der Waals surface area contributed by atoms with E-state index in [0.717, 1.165) is 21.5 Å². The van der Waals surface area contributed by atoms with E-state index in [4.69, 9.17) is 0 Å². The molecule has 4 rings (SSSR count). The molecule has 2 saturated heterocycles. The SMILES string of the molecule is O=C(CN1C(=O)CNC1=O)N1C[C@@H](Cc2ccc3ccccc3n2)[C@H](O)C1. The number of fused-ring (bicyclic) bond motifs is 1. The third-order valence-corrected chi connectivity index (χ3v) is 5.12. The Bertz CT molecular complexity index is 899. The number of aliphatic hydroxyl groups is 1. The van der Waals surface area contributed by atoms with E-state index in [1.807, 2.05) is 36.4 Å². The number of benzene rings is 1. The number of hydrogen-bond donors (Lipinski definition) is 2. The van der Waals surface area contributed by atoms with Crippen molar-refractivity contribution < 1.29 is 19.5 Å². The largest absolute Gasteiger partial charge is 0.391 e. The van der Waals surface area contributed by atoms with Gasteiger partial charge in [0.25, 0.3) is 5.91 Å². The molecule has 0 unspecified atom stereocenters. The second-order valence-electron chi connectivity index (χ2n) is 6.96. The van der Waals surface area contributed by atoms with Gasteiger partial charge in [0, 0.05) is 30.1 Å². The van der Waals surface area contributed by atoms with Crippen LogP contribution in [-0.2, 0) is 16.0 Å². The summed E-state index contributed by atoms with van der Waals surface area (Å²) in [6.45, 7) is 0.197. The molecule has 8 heteroatoms. The van der Waals surface area contributed by atoms with Gasteiger partial charge in [-0.2, -0.15) is 0 Å². The van der Waals surface area contributed by atoms with Crippen LogP contribution in [0.1, 0.15) is 5.69 Å². The maximum Gasteiger partial charge on any atom is 0.325 e. The standard InChI is InChI=1S/C19H20N4O4/c24-16-10-22(18(26)11-23-17(25)8-20-19(23)27)9-13(16)7-14-6-5-12-3-1-2-4-15(12)21-14/h1-6,13,16,24H,7-11H2,(H,20,27)/t13-,16-/m1/s1. The smallest absolute Gasteiger partial charge is 0.325 e. The predicted octanol–water partition coefficient (Wildman–Crippen LogP) is 0.148. The zero-order valence-electron chi connectivity index (χ0n) is 14.7. The summed E-state index contributed by atoms with van der Waals surface area (Å²) in [5.74, 6) is -0.885. The molecule has 3 heterocycles. The summed E-state index contributed by atoms with van der Waals surface area (Å²) in [6.07, 6.45) is -0.107. The maximum absolute atomic E-state index is 12.4. The molecule has 4 amide bonds. The Morgan fingerprint density at radius 2 is 2.00 bits per heavy atom. The number of nitrogens with one attached hydrogen (secondary N) is 1. The highest BCUT2D eigenvalue weighted by atomic mass is 16.3. The van der Waals surface area contributed by atoms with Gasteiger partial charge in [-0.15, -0.1) is 0 Å². The normalized spacial score (nSPS) is 22.6. The minimum absolute atomic E-state index is 0.0784. The van der Waals surface area contributed by atoms with Gasteiger partial charge in [-0.1, -0.05) is 24.3 Å². The molecule has 2 aliphatic rings. The van der Waals surface area contributed by atoms with Crippen LogP contribution in [0.3, 0.4) is 0 Å². The average molecular weight is 368 g/mol. The van der Waals surface area contributed by atoms with Gasteiger partial charge >= 0.3 is 6.03 Å². The van der Waals surface area contributed by atoms with Crippen LogP contribution in [0.2, 0.25) is 0 Å². The Morgan fingerprint density at radius 1 is 1.19 bits per heavy atom. The quantitative estimate of drug-likeness (QED) is 0.748. The van der Waals surface area contributed by atoms with Crippen LogP contribution in [0.5, 0.6) is 0 Å². The average Bonchev–Trinajstić information content (AvgIpc) is 3.18. The Labute approximate surface area is 155 Å². The number of aliphatic hydroxyl groups excluding tert-OH is 1. The first-order valence-corrected chi connectivity index (χ1v) is 8.90. The molecule has 0 aliphatic carbocycles. The first-order chi connectivity index (χ1) is 13.0. The molecule has 27 heavy (non-hydrogen) atoms. The van der Waals surface area contributed by atoms with Gasteiger partial charge in [0.2, 0.25) is 5.91 Å². The minimum Gasteiger partial charge on any atom is -0.391 e. The Kier molecular flexibility index (Phi) is 4.49. The molecule has 2 aliphatic heterocycles. The number of amides is 4. The highest BCUT2D eigenvalue weighted by Gasteiger charge is 2.37. The van der Waals surface area contributed by atoms with Crippen LogP contribution in [-0.4, -0.2) is 70.0 Å². The van der Waals surface area contributed by atoms with Crippen LogP contribution in [0.15, 0.2) is 36.4 Å². The number of carbonyl (C=O) groups excluding carboxylic acids is 3. The molecule has 2 N–H and O–H groups in total. The van der Waals surface area contributed by atoms with Crippen LogP contribution >= 0.6 is 0 Å². The molecule has 0 saturated carbocycles. The highest BCUT2D eigenvalue weighted by Crippen LogP contribution is 2.22. The number of aromatic nitrogens is 1. The maximum atomic E-state index is 12.4. The number of urea groups is 1. The lowest BCUT2D eigenvalue weighted by atomic mass is 9.99. The van der Waals surface area contributed by atoms with Gasteiger partial charge in [-0.05, 0) is 18.6 Å². The fourth-order valence-electron chi connectivity index (χ4n) is 3.60. The van der Waals surface area contributed by atoms with Gasteiger partial charge in [-0.25, -0.2) is 4.79 Å². The fourth-order valence-corrected chi connectivity index (χ4v) is 3.60. The number of para-hydroxylation sites is 1. The van der Waals surface area contributed by atoms with Gasteiger partial charge in [0.1, 0.15) is 6.54 Å². The van der Waals surface area contributed by atoms with Crippen molar-refractivity contribution >= 4 is 28.7 Å². The minimum atomic E-state index is -0.662. The second-order valence-corrected chi connectivity index (χ2v) is 6.96. The fraction of sp³-hybridized carbons (Fsp3) is 0.368. The number of nitrogens with zero attached hydrogens (tertiary/aromatic N) is 3. The molecule has 140 valence electrons. The van der Waals surface area contributed by atoms with Crippen LogP contribution in [0.4, 0.5) is 4.79 Å². The first kappa shape index (κ1) is 17.4. The van der Waals surface area contributed by atoms with Gasteiger partial charge in [0.15, 0.2) is 0 Å². The van der Waals surface area contributed by atoms with Gasteiger partial charge in [-0.3, -0.25) is 19.5 Å². The van der Waals surface area contributed by atoms with Crippen molar-refractivity contribution in [1.29, 1.82) is 0 Å². The van der Waals surface area contributed by atoms with Crippen molar-refractivity contribution in [3.05, 3.63) is 42.1 Å². The van der Waals surface area contributed by atoms with E-state index >= 15 is 0 Å². The summed E-state index contributed by atoms with van der Waals surface area (Å²) in [5, 5.41) is 13.8. The molecule has 1 aromatic carbocycles. The molecule has 0 spiro atoms. The zero-order chi connectivity index (χ0) is 19.0. The van der Waals surface area contributed by atoms with Crippen LogP contribution in [0.25, 0.3) is 10.9 Å². The van der Waals surface area contributed by atoms with E-state index in [0.29, 0.717) is 13.0 Å². The number of likely N-dealkylation sites (tertiary alicyclic amines) is 1. The van der Waals surface area contributed by atoms with Gasteiger partial charge < -0.3 is 15.3 Å².